The summed E-state index contributed by atoms with van der Waals surface area (Å²) in [6.45, 7) is 3.84. The van der Waals surface area contributed by atoms with Crippen LogP contribution in [0.2, 0.25) is 0 Å². The summed E-state index contributed by atoms with van der Waals surface area (Å²) in [5.74, 6) is -5.81. The quantitative estimate of drug-likeness (QED) is 0.0486. The van der Waals surface area contributed by atoms with Crippen LogP contribution >= 0.6 is 0 Å². The third-order valence-electron chi connectivity index (χ3n) is 10.7. The number of benzene rings is 3. The summed E-state index contributed by atoms with van der Waals surface area (Å²) < 4.78 is 32.7. The van der Waals surface area contributed by atoms with Crippen molar-refractivity contribution in [2.24, 2.45) is 0 Å². The molecule has 0 bridgehead atoms. The third-order valence-corrected chi connectivity index (χ3v) is 10.7. The number of aromatic hydroxyl groups is 2. The number of rotatable bonds is 13. The lowest BCUT2D eigenvalue weighted by molar-refractivity contribution is -0.249. The lowest BCUT2D eigenvalue weighted by Crippen LogP contribution is -2.56. The van der Waals surface area contributed by atoms with E-state index in [1.54, 1.807) is 0 Å². The predicted octanol–water partition coefficient (Wildman–Crippen LogP) is 1.95. The molecule has 0 spiro atoms. The molecular formula is C42H43NO17. The van der Waals surface area contributed by atoms with Gasteiger partial charge in [-0.1, -0.05) is 49.1 Å². The van der Waals surface area contributed by atoms with Crippen LogP contribution in [0.5, 0.6) is 17.2 Å². The van der Waals surface area contributed by atoms with Crippen molar-refractivity contribution in [1.82, 2.24) is 5.32 Å². The van der Waals surface area contributed by atoms with Gasteiger partial charge in [0.25, 0.3) is 0 Å². The van der Waals surface area contributed by atoms with Crippen LogP contribution in [0, 0.1) is 0 Å². The molecule has 60 heavy (non-hydrogen) atoms. The number of phenolic OH excluding ortho intramolecular Hbond substituents is 2. The van der Waals surface area contributed by atoms with Crippen LogP contribution in [0.3, 0.4) is 0 Å². The number of hydrogen-bond acceptors (Lipinski definition) is 17. The van der Waals surface area contributed by atoms with Crippen molar-refractivity contribution in [3.8, 4) is 17.2 Å². The molecule has 1 fully saturated rings. The molecule has 1 heterocycles. The summed E-state index contributed by atoms with van der Waals surface area (Å²) in [5.41, 5.74) is -3.68. The van der Waals surface area contributed by atoms with Gasteiger partial charge < -0.3 is 59.3 Å². The van der Waals surface area contributed by atoms with Crippen molar-refractivity contribution in [1.29, 1.82) is 0 Å². The maximum Gasteiger partial charge on any atom is 0.408 e. The van der Waals surface area contributed by atoms with Crippen LogP contribution in [0.4, 0.5) is 4.79 Å². The second-order valence-corrected chi connectivity index (χ2v) is 14.4. The smallest absolute Gasteiger partial charge is 0.408 e. The first-order valence-corrected chi connectivity index (χ1v) is 18.7. The lowest BCUT2D eigenvalue weighted by Gasteiger charge is -2.42. The number of ether oxygens (including phenoxy) is 6. The van der Waals surface area contributed by atoms with E-state index >= 15 is 0 Å². The number of amides is 1. The van der Waals surface area contributed by atoms with Crippen LogP contribution in [0.15, 0.2) is 55.1 Å². The summed E-state index contributed by atoms with van der Waals surface area (Å²) in [6, 6.07) is 9.01. The van der Waals surface area contributed by atoms with Gasteiger partial charge in [0.2, 0.25) is 11.9 Å². The molecule has 1 unspecified atom stereocenters. The van der Waals surface area contributed by atoms with Crippen molar-refractivity contribution >= 4 is 35.4 Å². The molecule has 1 aliphatic heterocycles. The van der Waals surface area contributed by atoms with E-state index in [0.29, 0.717) is 5.56 Å². The second-order valence-electron chi connectivity index (χ2n) is 14.4. The average molecular weight is 834 g/mol. The standard InChI is InChI=1S/C42H43NO17/c1-5-13-57-28(46)14-20-9-11-21(12-10-20)39(40(52)56-4)60-41(53)43-24-15-29(58-19(2)34(24)47)59-26-17-42(54,27(45)18-44)16-23-31(26)38(51)33-32(36(23)49)35(48)22-7-6-8-25(55-3)30(22)37(33)50/h5-12,19,24,26,29,34,39,44,47,49,51,54H,1,13-18H2,2-4H3,(H,43,53)/t19-,24-,26-,29-,34+,39?,42-/m0/s1. The minimum absolute atomic E-state index is 0.0265. The van der Waals surface area contributed by atoms with Gasteiger partial charge in [0.1, 0.15) is 42.2 Å². The number of methoxy groups -OCH3 is 2. The number of phenols is 2. The number of aliphatic hydroxyl groups is 3. The van der Waals surface area contributed by atoms with Gasteiger partial charge in [-0.3, -0.25) is 19.2 Å². The molecule has 0 radical (unpaired) electrons. The normalized spacial score (nSPS) is 23.5. The molecule has 1 amide bonds. The Kier molecular flexibility index (Phi) is 12.7. The maximum absolute atomic E-state index is 14.0. The number of fused-ring (bicyclic) bond motifs is 3. The van der Waals surface area contributed by atoms with Crippen molar-refractivity contribution < 1.29 is 82.7 Å². The summed E-state index contributed by atoms with van der Waals surface area (Å²) in [4.78, 5) is 78.8. The minimum Gasteiger partial charge on any atom is -0.507 e. The molecule has 18 nitrogen and oxygen atoms in total. The van der Waals surface area contributed by atoms with Crippen LogP contribution in [0.1, 0.15) is 86.1 Å². The summed E-state index contributed by atoms with van der Waals surface area (Å²) in [5, 5.41) is 58.3. The van der Waals surface area contributed by atoms with Gasteiger partial charge in [0, 0.05) is 41.5 Å². The van der Waals surface area contributed by atoms with E-state index in [1.165, 1.54) is 62.6 Å². The summed E-state index contributed by atoms with van der Waals surface area (Å²) in [6.07, 6.45) is -8.47. The lowest BCUT2D eigenvalue weighted by atomic mass is 9.72. The molecule has 7 atom stereocenters. The van der Waals surface area contributed by atoms with E-state index in [1.807, 2.05) is 0 Å². The van der Waals surface area contributed by atoms with Crippen molar-refractivity contribution in [3.63, 3.8) is 0 Å². The SMILES string of the molecule is C=CCOC(=O)Cc1ccc(C(OC(=O)N[C@H]2C[C@H](O[C@H]3C[C@](O)(C(=O)CO)Cc4c(O)c5c(c(O)c43)C(=O)c3c(OC)cccc3C5=O)O[C@@H](C)[C@H]2O)C(=O)OC)cc1. The van der Waals surface area contributed by atoms with Crippen molar-refractivity contribution in [2.45, 2.75) is 75.0 Å². The fourth-order valence-electron chi connectivity index (χ4n) is 7.69. The highest BCUT2D eigenvalue weighted by molar-refractivity contribution is 6.31. The van der Waals surface area contributed by atoms with Crippen molar-refractivity contribution in [2.75, 3.05) is 27.4 Å². The van der Waals surface area contributed by atoms with Gasteiger partial charge in [0.15, 0.2) is 17.9 Å². The Morgan fingerprint density at radius 2 is 1.72 bits per heavy atom. The maximum atomic E-state index is 14.0. The number of hydrogen-bond donors (Lipinski definition) is 6. The molecule has 6 rings (SSSR count). The average Bonchev–Trinajstić information content (AvgIpc) is 3.23. The van der Waals surface area contributed by atoms with Gasteiger partial charge in [-0.25, -0.2) is 9.59 Å². The summed E-state index contributed by atoms with van der Waals surface area (Å²) >= 11 is 0. The first-order chi connectivity index (χ1) is 28.6. The Morgan fingerprint density at radius 3 is 2.37 bits per heavy atom. The first-order valence-electron chi connectivity index (χ1n) is 18.7. The zero-order valence-corrected chi connectivity index (χ0v) is 32.7. The number of Topliss-reactive ketones (excluding diaryl/α,β-unsaturated/α-hetero) is 1. The van der Waals surface area contributed by atoms with Crippen LogP contribution in [0.25, 0.3) is 0 Å². The number of carbonyl (C=O) groups excluding carboxylic acids is 6. The van der Waals surface area contributed by atoms with E-state index in [4.69, 9.17) is 28.4 Å². The molecule has 6 N–H and O–H groups in total. The molecule has 2 aliphatic carbocycles. The Morgan fingerprint density at radius 1 is 1.02 bits per heavy atom. The molecule has 3 aliphatic rings. The van der Waals surface area contributed by atoms with Crippen LogP contribution in [-0.4, -0.2) is 118 Å². The molecule has 3 aromatic carbocycles. The fraction of sp³-hybridized carbons (Fsp3) is 0.381. The minimum atomic E-state index is -2.41. The van der Waals surface area contributed by atoms with Gasteiger partial charge in [-0.05, 0) is 18.6 Å². The summed E-state index contributed by atoms with van der Waals surface area (Å²) in [7, 11) is 2.37. The number of esters is 2. The molecule has 18 heteroatoms. The molecular weight excluding hydrogens is 790 g/mol. The Balaban J connectivity index is 1.26. The molecule has 318 valence electrons. The van der Waals surface area contributed by atoms with Crippen LogP contribution in [-0.2, 0) is 50.9 Å². The second kappa shape index (κ2) is 17.6. The van der Waals surface area contributed by atoms with E-state index < -0.39 is 120 Å². The van der Waals surface area contributed by atoms with Crippen LogP contribution < -0.4 is 10.1 Å². The highest BCUT2D eigenvalue weighted by atomic mass is 16.7. The van der Waals surface area contributed by atoms with Gasteiger partial charge in [-0.15, -0.1) is 0 Å². The zero-order chi connectivity index (χ0) is 43.6. The number of ketones is 3. The number of aliphatic hydroxyl groups excluding tert-OH is 2. The monoisotopic (exact) mass is 833 g/mol. The largest absolute Gasteiger partial charge is 0.507 e. The number of alkyl carbamates (subject to hydrolysis) is 1. The Bertz CT molecular complexity index is 2240. The van der Waals surface area contributed by atoms with E-state index in [0.717, 1.165) is 7.11 Å². The predicted molar refractivity (Wildman–Crippen MR) is 203 cm³/mol. The first kappa shape index (κ1) is 43.4. The molecule has 0 saturated carbocycles. The van der Waals surface area contributed by atoms with E-state index in [9.17, 15) is 54.3 Å². The van der Waals surface area contributed by atoms with Crippen molar-refractivity contribution in [3.05, 3.63) is 99.6 Å². The Labute approximate surface area is 342 Å². The van der Waals surface area contributed by atoms with E-state index in [2.05, 4.69) is 11.9 Å². The third kappa shape index (κ3) is 8.19. The Hall–Kier alpha value is -6.18. The zero-order valence-electron chi connectivity index (χ0n) is 32.7. The molecule has 0 aromatic heterocycles. The number of carbonyl (C=O) groups is 6. The van der Waals surface area contributed by atoms with Gasteiger partial charge in [0.05, 0.1) is 55.6 Å². The fourth-order valence-corrected chi connectivity index (χ4v) is 7.69. The topological polar surface area (TPSA) is 271 Å². The highest BCUT2D eigenvalue weighted by Gasteiger charge is 2.50. The van der Waals surface area contributed by atoms with E-state index in [-0.39, 0.29) is 53.0 Å². The number of nitrogens with one attached hydrogen (secondary N) is 1. The highest BCUT2D eigenvalue weighted by Crippen LogP contribution is 2.52. The molecule has 1 saturated heterocycles. The van der Waals surface area contributed by atoms with Gasteiger partial charge >= 0.3 is 18.0 Å². The van der Waals surface area contributed by atoms with Gasteiger partial charge in [-0.2, -0.15) is 0 Å². The molecule has 3 aromatic rings.